The van der Waals surface area contributed by atoms with Gasteiger partial charge >= 0.3 is 0 Å². The highest BCUT2D eigenvalue weighted by atomic mass is 16.3. The molecule has 0 aliphatic heterocycles. The lowest BCUT2D eigenvalue weighted by molar-refractivity contribution is 0.260. The number of hydrogen-bond donors (Lipinski definition) is 2. The maximum Gasteiger partial charge on any atom is 0.126 e. The van der Waals surface area contributed by atoms with Crippen molar-refractivity contribution in [2.75, 3.05) is 11.9 Å². The van der Waals surface area contributed by atoms with Gasteiger partial charge in [0.05, 0.1) is 0 Å². The molecule has 2 N–H and O–H groups in total. The third-order valence-corrected chi connectivity index (χ3v) is 1.87. The van der Waals surface area contributed by atoms with Crippen LogP contribution in [0, 0.1) is 0 Å². The molecule has 0 saturated heterocycles. The van der Waals surface area contributed by atoms with Crippen LogP contribution in [0.15, 0.2) is 24.4 Å². The molecule has 0 radical (unpaired) electrons. The molecule has 0 fully saturated rings. The zero-order chi connectivity index (χ0) is 9.73. The summed E-state index contributed by atoms with van der Waals surface area (Å²) in [5.74, 6) is 0.848. The van der Waals surface area contributed by atoms with E-state index in [1.807, 2.05) is 32.0 Å². The van der Waals surface area contributed by atoms with Crippen molar-refractivity contribution in [1.82, 2.24) is 4.98 Å². The quantitative estimate of drug-likeness (QED) is 0.740. The lowest BCUT2D eigenvalue weighted by atomic mass is 10.0. The summed E-state index contributed by atoms with van der Waals surface area (Å²) in [7, 11) is 0. The van der Waals surface area contributed by atoms with E-state index in [0.29, 0.717) is 6.42 Å². The summed E-state index contributed by atoms with van der Waals surface area (Å²) in [5, 5.41) is 12.1. The molecule has 3 nitrogen and oxygen atoms in total. The van der Waals surface area contributed by atoms with Crippen molar-refractivity contribution in [1.29, 1.82) is 0 Å². The van der Waals surface area contributed by atoms with Crippen molar-refractivity contribution in [2.45, 2.75) is 25.8 Å². The molecule has 0 unspecified atom stereocenters. The molecule has 0 atom stereocenters. The van der Waals surface area contributed by atoms with Crippen LogP contribution < -0.4 is 5.32 Å². The monoisotopic (exact) mass is 180 g/mol. The summed E-state index contributed by atoms with van der Waals surface area (Å²) >= 11 is 0. The lowest BCUT2D eigenvalue weighted by Crippen LogP contribution is -2.32. The van der Waals surface area contributed by atoms with E-state index in [9.17, 15) is 0 Å². The number of anilines is 1. The smallest absolute Gasteiger partial charge is 0.126 e. The van der Waals surface area contributed by atoms with Gasteiger partial charge in [0.15, 0.2) is 0 Å². The van der Waals surface area contributed by atoms with E-state index < -0.39 is 0 Å². The number of rotatable bonds is 4. The third kappa shape index (κ3) is 3.42. The Morgan fingerprint density at radius 1 is 1.46 bits per heavy atom. The topological polar surface area (TPSA) is 45.1 Å². The third-order valence-electron chi connectivity index (χ3n) is 1.87. The Labute approximate surface area is 78.8 Å². The number of aromatic nitrogens is 1. The van der Waals surface area contributed by atoms with Crippen molar-refractivity contribution in [3.63, 3.8) is 0 Å². The van der Waals surface area contributed by atoms with Crippen LogP contribution in [0.1, 0.15) is 20.3 Å². The first-order valence-corrected chi connectivity index (χ1v) is 4.44. The first-order chi connectivity index (χ1) is 6.14. The molecule has 0 saturated carbocycles. The summed E-state index contributed by atoms with van der Waals surface area (Å²) in [6.45, 7) is 4.27. The number of aliphatic hydroxyl groups excluding tert-OH is 1. The number of nitrogens with one attached hydrogen (secondary N) is 1. The predicted molar refractivity (Wildman–Crippen MR) is 53.6 cm³/mol. The number of pyridine rings is 1. The van der Waals surface area contributed by atoms with Gasteiger partial charge in [0.2, 0.25) is 0 Å². The van der Waals surface area contributed by atoms with Crippen LogP contribution in [0.5, 0.6) is 0 Å². The van der Waals surface area contributed by atoms with Crippen LogP contribution in [-0.2, 0) is 0 Å². The Morgan fingerprint density at radius 2 is 2.23 bits per heavy atom. The minimum absolute atomic E-state index is 0.108. The fraction of sp³-hybridized carbons (Fsp3) is 0.500. The van der Waals surface area contributed by atoms with Gasteiger partial charge in [0, 0.05) is 18.3 Å². The summed E-state index contributed by atoms with van der Waals surface area (Å²) in [6.07, 6.45) is 2.46. The SMILES string of the molecule is CC(C)(CCO)Nc1ccccn1. The van der Waals surface area contributed by atoms with Gasteiger partial charge in [-0.05, 0) is 32.4 Å². The highest BCUT2D eigenvalue weighted by Gasteiger charge is 2.16. The Bertz CT molecular complexity index is 246. The van der Waals surface area contributed by atoms with Crippen molar-refractivity contribution >= 4 is 5.82 Å². The molecule has 13 heavy (non-hydrogen) atoms. The number of hydrogen-bond acceptors (Lipinski definition) is 3. The zero-order valence-corrected chi connectivity index (χ0v) is 8.12. The first-order valence-electron chi connectivity index (χ1n) is 4.44. The summed E-state index contributed by atoms with van der Waals surface area (Å²) in [6, 6.07) is 5.73. The van der Waals surface area contributed by atoms with Crippen LogP contribution in [-0.4, -0.2) is 22.2 Å². The number of nitrogens with zero attached hydrogens (tertiary/aromatic N) is 1. The van der Waals surface area contributed by atoms with Gasteiger partial charge in [-0.1, -0.05) is 6.07 Å². The fourth-order valence-electron chi connectivity index (χ4n) is 1.13. The molecular formula is C10H16N2O. The molecule has 1 heterocycles. The summed E-state index contributed by atoms with van der Waals surface area (Å²) < 4.78 is 0. The van der Waals surface area contributed by atoms with Gasteiger partial charge in [0.1, 0.15) is 5.82 Å². The standard InChI is InChI=1S/C10H16N2O/c1-10(2,6-8-13)12-9-5-3-4-7-11-9/h3-5,7,13H,6,8H2,1-2H3,(H,11,12). The molecule has 0 spiro atoms. The molecule has 1 aromatic rings. The van der Waals surface area contributed by atoms with E-state index >= 15 is 0 Å². The van der Waals surface area contributed by atoms with Crippen molar-refractivity contribution in [3.05, 3.63) is 24.4 Å². The van der Waals surface area contributed by atoms with Crippen LogP contribution in [0.3, 0.4) is 0 Å². The zero-order valence-electron chi connectivity index (χ0n) is 8.12. The van der Waals surface area contributed by atoms with E-state index in [-0.39, 0.29) is 12.1 Å². The summed E-state index contributed by atoms with van der Waals surface area (Å²) in [5.41, 5.74) is -0.108. The Morgan fingerprint density at radius 3 is 2.77 bits per heavy atom. The van der Waals surface area contributed by atoms with Gasteiger partial charge in [-0.25, -0.2) is 4.98 Å². The number of aliphatic hydroxyl groups is 1. The van der Waals surface area contributed by atoms with E-state index in [1.165, 1.54) is 0 Å². The van der Waals surface area contributed by atoms with E-state index in [4.69, 9.17) is 5.11 Å². The molecule has 0 aliphatic carbocycles. The van der Waals surface area contributed by atoms with Crippen LogP contribution >= 0.6 is 0 Å². The maximum absolute atomic E-state index is 8.82. The average molecular weight is 180 g/mol. The highest BCUT2D eigenvalue weighted by molar-refractivity contribution is 5.36. The Kier molecular flexibility index (Phi) is 3.25. The van der Waals surface area contributed by atoms with Crippen LogP contribution in [0.2, 0.25) is 0 Å². The Balaban J connectivity index is 2.58. The minimum atomic E-state index is -0.108. The molecule has 0 bridgehead atoms. The Hall–Kier alpha value is -1.09. The van der Waals surface area contributed by atoms with Crippen molar-refractivity contribution < 1.29 is 5.11 Å². The van der Waals surface area contributed by atoms with Gasteiger partial charge in [-0.15, -0.1) is 0 Å². The molecule has 3 heteroatoms. The molecule has 1 rings (SSSR count). The average Bonchev–Trinajstić information content (AvgIpc) is 2.04. The molecular weight excluding hydrogens is 164 g/mol. The van der Waals surface area contributed by atoms with Gasteiger partial charge in [-0.2, -0.15) is 0 Å². The maximum atomic E-state index is 8.82. The molecule has 0 aliphatic rings. The minimum Gasteiger partial charge on any atom is -0.396 e. The van der Waals surface area contributed by atoms with Gasteiger partial charge in [-0.3, -0.25) is 0 Å². The normalized spacial score (nSPS) is 11.3. The van der Waals surface area contributed by atoms with E-state index in [1.54, 1.807) is 6.20 Å². The molecule has 0 amide bonds. The van der Waals surface area contributed by atoms with Crippen molar-refractivity contribution in [3.8, 4) is 0 Å². The second-order valence-corrected chi connectivity index (χ2v) is 3.70. The fourth-order valence-corrected chi connectivity index (χ4v) is 1.13. The van der Waals surface area contributed by atoms with Crippen molar-refractivity contribution in [2.24, 2.45) is 0 Å². The van der Waals surface area contributed by atoms with E-state index in [2.05, 4.69) is 10.3 Å². The molecule has 72 valence electrons. The summed E-state index contributed by atoms with van der Waals surface area (Å²) in [4.78, 5) is 4.15. The van der Waals surface area contributed by atoms with E-state index in [0.717, 1.165) is 5.82 Å². The van der Waals surface area contributed by atoms with Gasteiger partial charge in [0.25, 0.3) is 0 Å². The predicted octanol–water partition coefficient (Wildman–Crippen LogP) is 1.65. The van der Waals surface area contributed by atoms with Gasteiger partial charge < -0.3 is 10.4 Å². The second kappa shape index (κ2) is 4.23. The molecule has 0 aromatic carbocycles. The molecule has 1 aromatic heterocycles. The van der Waals surface area contributed by atoms with Crippen LogP contribution in [0.4, 0.5) is 5.82 Å². The largest absolute Gasteiger partial charge is 0.396 e. The first kappa shape index (κ1) is 9.99. The van der Waals surface area contributed by atoms with Crippen LogP contribution in [0.25, 0.3) is 0 Å². The second-order valence-electron chi connectivity index (χ2n) is 3.70. The lowest BCUT2D eigenvalue weighted by Gasteiger charge is -2.25. The highest BCUT2D eigenvalue weighted by Crippen LogP contribution is 2.14.